The fourth-order valence-electron chi connectivity index (χ4n) is 1.44. The summed E-state index contributed by atoms with van der Waals surface area (Å²) in [5.74, 6) is -4.47. The lowest BCUT2D eigenvalue weighted by Crippen LogP contribution is -2.29. The average molecular weight is 303 g/mol. The van der Waals surface area contributed by atoms with Gasteiger partial charge in [-0.25, -0.2) is 13.2 Å². The van der Waals surface area contributed by atoms with Gasteiger partial charge in [0.05, 0.1) is 11.3 Å². The summed E-state index contributed by atoms with van der Waals surface area (Å²) >= 11 is 0. The van der Waals surface area contributed by atoms with Gasteiger partial charge in [-0.05, 0) is 32.4 Å². The zero-order valence-corrected chi connectivity index (χ0v) is 12.6. The number of benzene rings is 1. The van der Waals surface area contributed by atoms with Crippen LogP contribution < -0.4 is 5.32 Å². The Morgan fingerprint density at radius 2 is 1.90 bits per heavy atom. The summed E-state index contributed by atoms with van der Waals surface area (Å²) < 4.78 is 45.3. The Morgan fingerprint density at radius 1 is 1.29 bits per heavy atom. The van der Waals surface area contributed by atoms with E-state index in [0.29, 0.717) is 13.3 Å². The Labute approximate surface area is 122 Å². The maximum atomic E-state index is 13.6. The first-order valence-electron chi connectivity index (χ1n) is 6.67. The molecule has 0 aliphatic rings. The molecule has 0 spiro atoms. The minimum absolute atomic E-state index is 0.271. The quantitative estimate of drug-likeness (QED) is 0.860. The number of alkyl halides is 2. The minimum Gasteiger partial charge on any atom is -0.366 e. The molecule has 1 aromatic carbocycles. The number of halogens is 3. The van der Waals surface area contributed by atoms with E-state index in [2.05, 4.69) is 5.32 Å². The molecular formula is C15H20F3NO2. The zero-order chi connectivity index (χ0) is 16.3. The van der Waals surface area contributed by atoms with Gasteiger partial charge in [0.1, 0.15) is 12.4 Å². The summed E-state index contributed by atoms with van der Waals surface area (Å²) in [7, 11) is 0. The summed E-state index contributed by atoms with van der Waals surface area (Å²) in [6, 6.07) is 2.82. The maximum Gasteiger partial charge on any atom is 0.270 e. The Morgan fingerprint density at radius 3 is 2.43 bits per heavy atom. The van der Waals surface area contributed by atoms with Crippen molar-refractivity contribution in [2.24, 2.45) is 0 Å². The van der Waals surface area contributed by atoms with Gasteiger partial charge in [-0.15, -0.1) is 0 Å². The number of hydrogen-bond donors (Lipinski definition) is 1. The van der Waals surface area contributed by atoms with Crippen molar-refractivity contribution in [3.05, 3.63) is 29.6 Å². The highest BCUT2D eigenvalue weighted by molar-refractivity contribution is 5.91. The lowest BCUT2D eigenvalue weighted by Gasteiger charge is -2.23. The van der Waals surface area contributed by atoms with Crippen LogP contribution in [0.4, 0.5) is 18.9 Å². The van der Waals surface area contributed by atoms with E-state index in [4.69, 9.17) is 4.74 Å². The van der Waals surface area contributed by atoms with Gasteiger partial charge in [0, 0.05) is 12.5 Å². The van der Waals surface area contributed by atoms with Crippen molar-refractivity contribution in [1.82, 2.24) is 0 Å². The first kappa shape index (κ1) is 17.5. The van der Waals surface area contributed by atoms with Crippen LogP contribution in [0.15, 0.2) is 18.2 Å². The van der Waals surface area contributed by atoms with Crippen LogP contribution in [0.5, 0.6) is 0 Å². The Bertz CT molecular complexity index is 510. The third kappa shape index (κ3) is 5.38. The maximum absolute atomic E-state index is 13.6. The number of ether oxygens (including phenoxy) is 1. The van der Waals surface area contributed by atoms with E-state index < -0.39 is 23.2 Å². The fourth-order valence-corrected chi connectivity index (χ4v) is 1.44. The third-order valence-corrected chi connectivity index (χ3v) is 3.19. The molecule has 0 heterocycles. The summed E-state index contributed by atoms with van der Waals surface area (Å²) in [5, 5.41) is 2.25. The molecule has 1 N–H and O–H groups in total. The van der Waals surface area contributed by atoms with E-state index in [1.54, 1.807) is 0 Å². The third-order valence-electron chi connectivity index (χ3n) is 3.19. The molecular weight excluding hydrogens is 283 g/mol. The van der Waals surface area contributed by atoms with Crippen LogP contribution in [0.1, 0.15) is 39.7 Å². The monoisotopic (exact) mass is 303 g/mol. The Hall–Kier alpha value is -1.56. The van der Waals surface area contributed by atoms with Crippen LogP contribution in [0.2, 0.25) is 0 Å². The molecule has 0 atom stereocenters. The molecule has 118 valence electrons. The van der Waals surface area contributed by atoms with Gasteiger partial charge in [-0.3, -0.25) is 4.79 Å². The van der Waals surface area contributed by atoms with Crippen LogP contribution in [-0.2, 0) is 15.5 Å². The second kappa shape index (κ2) is 6.47. The SMILES string of the molecule is CCC(C)(C)OCC(=O)Nc1cc(C(C)(F)F)ccc1F. The van der Waals surface area contributed by atoms with Gasteiger partial charge < -0.3 is 10.1 Å². The lowest BCUT2D eigenvalue weighted by atomic mass is 10.1. The van der Waals surface area contributed by atoms with E-state index in [1.807, 2.05) is 20.8 Å². The molecule has 0 aliphatic heterocycles. The summed E-state index contributed by atoms with van der Waals surface area (Å²) in [6.07, 6.45) is 0.701. The van der Waals surface area contributed by atoms with Gasteiger partial charge in [0.25, 0.3) is 5.92 Å². The lowest BCUT2D eigenvalue weighted by molar-refractivity contribution is -0.126. The molecule has 6 heteroatoms. The molecule has 0 radical (unpaired) electrons. The molecule has 0 unspecified atom stereocenters. The molecule has 1 rings (SSSR count). The molecule has 3 nitrogen and oxygen atoms in total. The Balaban J connectivity index is 2.76. The molecule has 0 fully saturated rings. The van der Waals surface area contributed by atoms with Crippen molar-refractivity contribution in [3.63, 3.8) is 0 Å². The molecule has 21 heavy (non-hydrogen) atoms. The molecule has 0 aromatic heterocycles. The van der Waals surface area contributed by atoms with Gasteiger partial charge >= 0.3 is 0 Å². The first-order valence-corrected chi connectivity index (χ1v) is 6.67. The number of hydrogen-bond acceptors (Lipinski definition) is 2. The van der Waals surface area contributed by atoms with Crippen molar-refractivity contribution >= 4 is 11.6 Å². The van der Waals surface area contributed by atoms with Crippen molar-refractivity contribution in [1.29, 1.82) is 0 Å². The second-order valence-electron chi connectivity index (χ2n) is 5.53. The number of rotatable bonds is 6. The van der Waals surface area contributed by atoms with E-state index in [9.17, 15) is 18.0 Å². The highest BCUT2D eigenvalue weighted by Gasteiger charge is 2.25. The number of amides is 1. The minimum atomic E-state index is -3.10. The van der Waals surface area contributed by atoms with Crippen LogP contribution in [0.25, 0.3) is 0 Å². The van der Waals surface area contributed by atoms with Crippen LogP contribution >= 0.6 is 0 Å². The van der Waals surface area contributed by atoms with Crippen molar-refractivity contribution in [3.8, 4) is 0 Å². The van der Waals surface area contributed by atoms with E-state index in [0.717, 1.165) is 18.2 Å². The second-order valence-corrected chi connectivity index (χ2v) is 5.53. The van der Waals surface area contributed by atoms with E-state index >= 15 is 0 Å². The van der Waals surface area contributed by atoms with Crippen LogP contribution in [0, 0.1) is 5.82 Å². The van der Waals surface area contributed by atoms with Gasteiger partial charge in [-0.1, -0.05) is 13.0 Å². The summed E-state index contributed by atoms with van der Waals surface area (Å²) in [6.45, 7) is 5.98. The summed E-state index contributed by atoms with van der Waals surface area (Å²) in [4.78, 5) is 11.7. The van der Waals surface area contributed by atoms with Crippen molar-refractivity contribution in [2.75, 3.05) is 11.9 Å². The molecule has 1 aromatic rings. The molecule has 1 amide bonds. The summed E-state index contributed by atoms with van der Waals surface area (Å²) in [5.41, 5.74) is -1.13. The highest BCUT2D eigenvalue weighted by atomic mass is 19.3. The van der Waals surface area contributed by atoms with Crippen LogP contribution in [-0.4, -0.2) is 18.1 Å². The number of nitrogens with one attached hydrogen (secondary N) is 1. The van der Waals surface area contributed by atoms with Gasteiger partial charge in [0.15, 0.2) is 0 Å². The molecule has 0 saturated carbocycles. The van der Waals surface area contributed by atoms with Gasteiger partial charge in [0.2, 0.25) is 5.91 Å². The fraction of sp³-hybridized carbons (Fsp3) is 0.533. The molecule has 0 aliphatic carbocycles. The van der Waals surface area contributed by atoms with Crippen molar-refractivity contribution < 1.29 is 22.7 Å². The predicted molar refractivity (Wildman–Crippen MR) is 74.9 cm³/mol. The number of anilines is 1. The van der Waals surface area contributed by atoms with Crippen LogP contribution in [0.3, 0.4) is 0 Å². The van der Waals surface area contributed by atoms with E-state index in [-0.39, 0.29) is 17.9 Å². The highest BCUT2D eigenvalue weighted by Crippen LogP contribution is 2.30. The largest absolute Gasteiger partial charge is 0.366 e. The predicted octanol–water partition coefficient (Wildman–Crippen LogP) is 4.08. The van der Waals surface area contributed by atoms with E-state index in [1.165, 1.54) is 0 Å². The standard InChI is InChI=1S/C15H20F3NO2/c1-5-14(2,3)21-9-13(20)19-12-8-10(15(4,17)18)6-7-11(12)16/h6-8H,5,9H2,1-4H3,(H,19,20). The van der Waals surface area contributed by atoms with Gasteiger partial charge in [-0.2, -0.15) is 0 Å². The Kier molecular flexibility index (Phi) is 5.39. The average Bonchev–Trinajstić information content (AvgIpc) is 2.38. The van der Waals surface area contributed by atoms with Crippen molar-refractivity contribution in [2.45, 2.75) is 45.6 Å². The normalized spacial score (nSPS) is 12.3. The topological polar surface area (TPSA) is 38.3 Å². The first-order chi connectivity index (χ1) is 9.55. The zero-order valence-electron chi connectivity index (χ0n) is 12.6. The molecule has 0 bridgehead atoms. The number of carbonyl (C=O) groups is 1. The molecule has 0 saturated heterocycles. The number of carbonyl (C=O) groups excluding carboxylic acids is 1. The smallest absolute Gasteiger partial charge is 0.270 e.